The van der Waals surface area contributed by atoms with Crippen molar-refractivity contribution in [1.82, 2.24) is 9.80 Å². The first-order valence-corrected chi connectivity index (χ1v) is 17.5. The molecule has 2 heterocycles. The van der Waals surface area contributed by atoms with Crippen LogP contribution in [0.3, 0.4) is 0 Å². The van der Waals surface area contributed by atoms with Crippen LogP contribution < -0.4 is 14.2 Å². The third-order valence-corrected chi connectivity index (χ3v) is 10.8. The third kappa shape index (κ3) is 7.25. The summed E-state index contributed by atoms with van der Waals surface area (Å²) in [6, 6.07) is 24.5. The van der Waals surface area contributed by atoms with Crippen LogP contribution >= 0.6 is 11.3 Å². The Balaban J connectivity index is 1.19. The molecular weight excluding hydrogens is 564 g/mol. The van der Waals surface area contributed by atoms with E-state index in [1.165, 1.54) is 76.8 Å². The summed E-state index contributed by atoms with van der Waals surface area (Å²) in [4.78, 5) is 6.37. The summed E-state index contributed by atoms with van der Waals surface area (Å²) in [5.41, 5.74) is 3.88. The summed E-state index contributed by atoms with van der Waals surface area (Å²) in [6.45, 7) is 10.8. The molecule has 0 spiro atoms. The van der Waals surface area contributed by atoms with E-state index in [4.69, 9.17) is 14.2 Å². The number of likely N-dealkylation sites (tertiary alicyclic amines) is 1. The first kappa shape index (κ1) is 30.9. The Labute approximate surface area is 267 Å². The molecule has 1 aliphatic heterocycles. The van der Waals surface area contributed by atoms with Crippen LogP contribution in [0, 0.1) is 0 Å². The molecule has 5 nitrogen and oxygen atoms in total. The van der Waals surface area contributed by atoms with Crippen molar-refractivity contribution in [3.8, 4) is 27.7 Å². The molecule has 3 aromatic carbocycles. The first-order valence-electron chi connectivity index (χ1n) is 16.7. The maximum atomic E-state index is 6.63. The number of thiophene rings is 1. The van der Waals surface area contributed by atoms with Gasteiger partial charge < -0.3 is 14.2 Å². The lowest BCUT2D eigenvalue weighted by molar-refractivity contribution is 0.0413. The monoisotopic (exact) mass is 612 g/mol. The molecule has 1 aliphatic carbocycles. The molecule has 2 fully saturated rings. The van der Waals surface area contributed by atoms with E-state index >= 15 is 0 Å². The highest BCUT2D eigenvalue weighted by atomic mass is 32.1. The summed E-state index contributed by atoms with van der Waals surface area (Å²) in [6.07, 6.45) is 8.68. The molecule has 0 radical (unpaired) electrons. The maximum absolute atomic E-state index is 6.63. The quantitative estimate of drug-likeness (QED) is 0.151. The minimum atomic E-state index is 0.268. The molecular formula is C38H48N2O3S. The van der Waals surface area contributed by atoms with E-state index in [0.29, 0.717) is 6.04 Å². The SMILES string of the molecule is CCN(CC)[C@H]1CCCC[C@@H]1Oc1ccc(Cc2c(-c3ccc(OCCN4CCCC4)cc3)sc3cc(OC)ccc23)cc1. The number of rotatable bonds is 13. The average Bonchev–Trinajstić information content (AvgIpc) is 3.71. The molecule has 0 amide bonds. The zero-order valence-electron chi connectivity index (χ0n) is 26.7. The second-order valence-electron chi connectivity index (χ2n) is 12.2. The molecule has 1 saturated carbocycles. The van der Waals surface area contributed by atoms with Crippen LogP contribution in [-0.4, -0.2) is 68.4 Å². The lowest BCUT2D eigenvalue weighted by Crippen LogP contribution is -2.47. The number of nitrogens with zero attached hydrogens (tertiary/aromatic N) is 2. The second kappa shape index (κ2) is 14.8. The van der Waals surface area contributed by atoms with Crippen molar-refractivity contribution in [1.29, 1.82) is 0 Å². The van der Waals surface area contributed by atoms with Gasteiger partial charge >= 0.3 is 0 Å². The lowest BCUT2D eigenvalue weighted by Gasteiger charge is -2.39. The number of ether oxygens (including phenoxy) is 3. The van der Waals surface area contributed by atoms with Crippen molar-refractivity contribution in [2.75, 3.05) is 46.4 Å². The smallest absolute Gasteiger partial charge is 0.120 e. The lowest BCUT2D eigenvalue weighted by atomic mass is 9.91. The minimum absolute atomic E-state index is 0.268. The van der Waals surface area contributed by atoms with Crippen LogP contribution in [0.5, 0.6) is 17.2 Å². The molecule has 1 saturated heterocycles. The topological polar surface area (TPSA) is 34.2 Å². The van der Waals surface area contributed by atoms with Crippen molar-refractivity contribution in [2.45, 2.75) is 70.9 Å². The van der Waals surface area contributed by atoms with E-state index in [2.05, 4.69) is 90.4 Å². The second-order valence-corrected chi connectivity index (χ2v) is 13.3. The predicted octanol–water partition coefficient (Wildman–Crippen LogP) is 8.67. The Bertz CT molecular complexity index is 1470. The van der Waals surface area contributed by atoms with Crippen LogP contribution in [0.1, 0.15) is 63.5 Å². The molecule has 4 aromatic rings. The van der Waals surface area contributed by atoms with Crippen LogP contribution in [0.2, 0.25) is 0 Å². The molecule has 0 unspecified atom stereocenters. The molecule has 6 heteroatoms. The van der Waals surface area contributed by atoms with Gasteiger partial charge in [0.25, 0.3) is 0 Å². The summed E-state index contributed by atoms with van der Waals surface area (Å²) >= 11 is 1.84. The number of benzene rings is 3. The Hall–Kier alpha value is -3.06. The van der Waals surface area contributed by atoms with Crippen molar-refractivity contribution in [2.24, 2.45) is 0 Å². The van der Waals surface area contributed by atoms with E-state index in [1.54, 1.807) is 7.11 Å². The average molecular weight is 613 g/mol. The van der Waals surface area contributed by atoms with Crippen molar-refractivity contribution >= 4 is 21.4 Å². The number of hydrogen-bond donors (Lipinski definition) is 0. The fraction of sp³-hybridized carbons (Fsp3) is 0.474. The third-order valence-electron chi connectivity index (χ3n) is 9.53. The van der Waals surface area contributed by atoms with E-state index < -0.39 is 0 Å². The van der Waals surface area contributed by atoms with Gasteiger partial charge in [-0.05, 0) is 141 Å². The van der Waals surface area contributed by atoms with Gasteiger partial charge in [-0.3, -0.25) is 9.80 Å². The highest BCUT2D eigenvalue weighted by Crippen LogP contribution is 2.42. The summed E-state index contributed by atoms with van der Waals surface area (Å²) in [7, 11) is 1.74. The fourth-order valence-corrected chi connectivity index (χ4v) is 8.31. The zero-order chi connectivity index (χ0) is 30.3. The first-order chi connectivity index (χ1) is 21.6. The van der Waals surface area contributed by atoms with Crippen LogP contribution in [0.4, 0.5) is 0 Å². The molecule has 6 rings (SSSR count). The van der Waals surface area contributed by atoms with E-state index in [1.807, 2.05) is 11.3 Å². The molecule has 0 N–H and O–H groups in total. The van der Waals surface area contributed by atoms with Crippen LogP contribution in [0.25, 0.3) is 20.5 Å². The van der Waals surface area contributed by atoms with Gasteiger partial charge in [-0.1, -0.05) is 32.4 Å². The molecule has 0 bridgehead atoms. The van der Waals surface area contributed by atoms with Gasteiger partial charge in [0, 0.05) is 22.2 Å². The highest BCUT2D eigenvalue weighted by molar-refractivity contribution is 7.22. The van der Waals surface area contributed by atoms with Crippen LogP contribution in [0.15, 0.2) is 66.7 Å². The Kier molecular flexibility index (Phi) is 10.4. The van der Waals surface area contributed by atoms with Gasteiger partial charge in [0.15, 0.2) is 0 Å². The van der Waals surface area contributed by atoms with Crippen molar-refractivity contribution < 1.29 is 14.2 Å². The number of methoxy groups -OCH3 is 1. The molecule has 44 heavy (non-hydrogen) atoms. The van der Waals surface area contributed by atoms with Gasteiger partial charge in [-0.15, -0.1) is 11.3 Å². The normalized spacial score (nSPS) is 19.1. The summed E-state index contributed by atoms with van der Waals surface area (Å²) in [5.74, 6) is 2.82. The fourth-order valence-electron chi connectivity index (χ4n) is 7.06. The van der Waals surface area contributed by atoms with E-state index in [-0.39, 0.29) is 6.10 Å². The van der Waals surface area contributed by atoms with Crippen molar-refractivity contribution in [3.63, 3.8) is 0 Å². The van der Waals surface area contributed by atoms with Crippen LogP contribution in [-0.2, 0) is 6.42 Å². The molecule has 2 aliphatic rings. The van der Waals surface area contributed by atoms with E-state index in [9.17, 15) is 0 Å². The number of likely N-dealkylation sites (N-methyl/N-ethyl adjacent to an activating group) is 1. The van der Waals surface area contributed by atoms with Gasteiger partial charge in [-0.25, -0.2) is 0 Å². The molecule has 234 valence electrons. The molecule has 1 aromatic heterocycles. The summed E-state index contributed by atoms with van der Waals surface area (Å²) < 4.78 is 19.6. The predicted molar refractivity (Wildman–Crippen MR) is 184 cm³/mol. The van der Waals surface area contributed by atoms with Gasteiger partial charge in [0.05, 0.1) is 7.11 Å². The Morgan fingerprint density at radius 1 is 0.818 bits per heavy atom. The maximum Gasteiger partial charge on any atom is 0.120 e. The Morgan fingerprint density at radius 3 is 2.25 bits per heavy atom. The number of hydrogen-bond acceptors (Lipinski definition) is 6. The standard InChI is InChI=1S/C38H48N2O3S/c1-4-40(5-2)35-10-6-7-11-36(35)43-31-16-12-28(13-17-31)26-34-33-21-20-32(41-3)27-37(33)44-38(34)29-14-18-30(19-15-29)42-25-24-39-22-8-9-23-39/h12-21,27,35-36H,4-11,22-26H2,1-3H3/t35-,36-/m0/s1. The minimum Gasteiger partial charge on any atom is -0.497 e. The zero-order valence-corrected chi connectivity index (χ0v) is 27.5. The Morgan fingerprint density at radius 2 is 1.52 bits per heavy atom. The van der Waals surface area contributed by atoms with Gasteiger partial charge in [-0.2, -0.15) is 0 Å². The highest BCUT2D eigenvalue weighted by Gasteiger charge is 2.30. The summed E-state index contributed by atoms with van der Waals surface area (Å²) in [5, 5.41) is 1.29. The van der Waals surface area contributed by atoms with Gasteiger partial charge in [0.1, 0.15) is 30.0 Å². The largest absolute Gasteiger partial charge is 0.497 e. The molecule has 2 atom stereocenters. The number of fused-ring (bicyclic) bond motifs is 1. The van der Waals surface area contributed by atoms with E-state index in [0.717, 1.165) is 56.3 Å². The van der Waals surface area contributed by atoms with Gasteiger partial charge in [0.2, 0.25) is 0 Å². The van der Waals surface area contributed by atoms with Crippen molar-refractivity contribution in [3.05, 3.63) is 77.9 Å².